The van der Waals surface area contributed by atoms with Gasteiger partial charge in [-0.05, 0) is 112 Å². The van der Waals surface area contributed by atoms with E-state index in [4.69, 9.17) is 0 Å². The van der Waals surface area contributed by atoms with Crippen LogP contribution in [0.25, 0.3) is 78.3 Å². The second kappa shape index (κ2) is 21.7. The molecule has 3 aromatic heterocycles. The fourth-order valence-corrected chi connectivity index (χ4v) is 9.28. The van der Waals surface area contributed by atoms with Crippen LogP contribution in [0.5, 0.6) is 0 Å². The molecule has 10 aromatic rings. The predicted molar refractivity (Wildman–Crippen MR) is 276 cm³/mol. The first-order valence-corrected chi connectivity index (χ1v) is 23.3. The van der Waals surface area contributed by atoms with Gasteiger partial charge in [0.1, 0.15) is 23.3 Å². The van der Waals surface area contributed by atoms with Crippen LogP contribution in [-0.4, -0.2) is 15.0 Å². The number of hydrogen-bond acceptors (Lipinski definition) is 4. The Morgan fingerprint density at radius 1 is 0.437 bits per heavy atom. The van der Waals surface area contributed by atoms with Gasteiger partial charge in [0.05, 0.1) is 0 Å². The zero-order chi connectivity index (χ0) is 48.0. The van der Waals surface area contributed by atoms with Gasteiger partial charge < -0.3 is 15.0 Å². The van der Waals surface area contributed by atoms with E-state index in [1.807, 2.05) is 84.9 Å². The van der Waals surface area contributed by atoms with Gasteiger partial charge in [0, 0.05) is 18.6 Å². The smallest absolute Gasteiger partial charge is 0.305 e. The van der Waals surface area contributed by atoms with Crippen LogP contribution in [0, 0.1) is 55.0 Å². The van der Waals surface area contributed by atoms with E-state index in [2.05, 4.69) is 118 Å². The Kier molecular flexibility index (Phi) is 14.7. The number of pyridine rings is 3. The molecule has 7 aromatic carbocycles. The number of aromatic nitrogens is 3. The molecule has 0 aliphatic carbocycles. The number of nitrogens with zero attached hydrogens (tertiary/aromatic N) is 4. The first-order valence-electron chi connectivity index (χ1n) is 23.3. The molecule has 0 saturated heterocycles. The molecule has 0 atom stereocenters. The zero-order valence-corrected chi connectivity index (χ0v) is 41.5. The third-order valence-corrected chi connectivity index (χ3v) is 13.0. The van der Waals surface area contributed by atoms with E-state index in [0.29, 0.717) is 11.1 Å². The maximum absolute atomic E-state index is 15.3. The van der Waals surface area contributed by atoms with Gasteiger partial charge in [0.25, 0.3) is 0 Å². The Bertz CT molecular complexity index is 3370. The van der Waals surface area contributed by atoms with Crippen molar-refractivity contribution in [3.63, 3.8) is 0 Å². The molecule has 0 radical (unpaired) electrons. The monoisotopic (exact) mass is 1100 g/mol. The molecule has 0 unspecified atom stereocenters. The van der Waals surface area contributed by atoms with Crippen LogP contribution in [0.15, 0.2) is 188 Å². The summed E-state index contributed by atoms with van der Waals surface area (Å²) in [7, 11) is 0. The molecule has 0 fully saturated rings. The molecule has 0 amide bonds. The van der Waals surface area contributed by atoms with Crippen LogP contribution in [0.3, 0.4) is 0 Å². The predicted octanol–water partition coefficient (Wildman–Crippen LogP) is 15.3. The molecular formula is C64H45F2IrN4. The SMILES string of the molecule is Cc1c(F)c(C#N)c(F)c(C)c1-c1ccc(-c2cc(-c3ccccn3)[c-]cc2-c2ccccc2-c2cc(CCc3c[c-]c(-c4ccccn4)cc3)cc(CCc3c[c-]c(-c4ccccn4)cc3)c2)cc1.[Ir+3]. The van der Waals surface area contributed by atoms with Crippen LogP contribution >= 0.6 is 0 Å². The normalized spacial score (nSPS) is 10.9. The molecule has 0 aliphatic rings. The van der Waals surface area contributed by atoms with Gasteiger partial charge in [0.2, 0.25) is 0 Å². The van der Waals surface area contributed by atoms with Crippen LogP contribution in [0.4, 0.5) is 8.78 Å². The molecule has 10 rings (SSSR count). The molecule has 0 N–H and O–H groups in total. The molecule has 7 heteroatoms. The van der Waals surface area contributed by atoms with E-state index < -0.39 is 17.2 Å². The van der Waals surface area contributed by atoms with E-state index >= 15 is 8.78 Å². The van der Waals surface area contributed by atoms with Crippen molar-refractivity contribution in [3.05, 3.63) is 257 Å². The molecule has 0 bridgehead atoms. The summed E-state index contributed by atoms with van der Waals surface area (Å²) in [6.07, 6.45) is 8.75. The number of rotatable bonds is 13. The summed E-state index contributed by atoms with van der Waals surface area (Å²) in [4.78, 5) is 13.7. The zero-order valence-electron chi connectivity index (χ0n) is 39.1. The largest absolute Gasteiger partial charge is 3.00 e. The number of halogens is 2. The molecule has 344 valence electrons. The van der Waals surface area contributed by atoms with Crippen molar-refractivity contribution in [3.8, 4) is 84.3 Å². The quantitative estimate of drug-likeness (QED) is 0.108. The molecule has 0 spiro atoms. The van der Waals surface area contributed by atoms with Crippen LogP contribution in [0.2, 0.25) is 0 Å². The Labute approximate surface area is 427 Å². The van der Waals surface area contributed by atoms with Gasteiger partial charge >= 0.3 is 20.1 Å². The van der Waals surface area contributed by atoms with Crippen LogP contribution in [-0.2, 0) is 45.8 Å². The molecule has 4 nitrogen and oxygen atoms in total. The molecule has 0 saturated carbocycles. The maximum atomic E-state index is 15.3. The minimum atomic E-state index is -0.836. The van der Waals surface area contributed by atoms with Gasteiger partial charge in [-0.25, -0.2) is 8.78 Å². The van der Waals surface area contributed by atoms with Gasteiger partial charge in [-0.3, -0.25) is 0 Å². The molecule has 71 heavy (non-hydrogen) atoms. The van der Waals surface area contributed by atoms with Crippen molar-refractivity contribution in [2.75, 3.05) is 0 Å². The van der Waals surface area contributed by atoms with Gasteiger partial charge in [-0.2, -0.15) is 5.26 Å². The summed E-state index contributed by atoms with van der Waals surface area (Å²) < 4.78 is 30.6. The summed E-state index contributed by atoms with van der Waals surface area (Å²) in [6.45, 7) is 3.18. The maximum Gasteiger partial charge on any atom is 3.00 e. The third-order valence-electron chi connectivity index (χ3n) is 13.0. The first kappa shape index (κ1) is 48.0. The van der Waals surface area contributed by atoms with E-state index in [0.717, 1.165) is 92.8 Å². The molecular weight excluding hydrogens is 1050 g/mol. The minimum Gasteiger partial charge on any atom is -0.305 e. The van der Waals surface area contributed by atoms with Crippen molar-refractivity contribution in [2.45, 2.75) is 39.5 Å². The standard InChI is InChI=1S/C64H45F2N4.Ir/c1-42-62(43(2)64(66)58(41-67)63(42)65)51-30-28-48(29-31-51)57-40-52(61-15-7-10-36-70-61)32-33-56(57)55-12-4-3-11-54(55)53-38-46(18-16-44-20-24-49(25-21-44)59-13-5-8-34-68-59)37-47(39-53)19-17-45-22-26-50(27-23-45)60-14-6-9-35-69-60;/h3-15,20-24,26,28-31,33-40H,16-19H2,1-2H3;/q-3;+3. The van der Waals surface area contributed by atoms with Crippen LogP contribution in [0.1, 0.15) is 38.9 Å². The van der Waals surface area contributed by atoms with E-state index in [-0.39, 0.29) is 31.2 Å². The van der Waals surface area contributed by atoms with Gasteiger partial charge in [-0.15, -0.1) is 94.5 Å². The van der Waals surface area contributed by atoms with Crippen molar-refractivity contribution >= 4 is 0 Å². The fourth-order valence-electron chi connectivity index (χ4n) is 9.28. The summed E-state index contributed by atoms with van der Waals surface area (Å²) in [5.41, 5.74) is 17.3. The summed E-state index contributed by atoms with van der Waals surface area (Å²) in [6, 6.07) is 70.0. The number of nitriles is 1. The van der Waals surface area contributed by atoms with Crippen molar-refractivity contribution in [1.29, 1.82) is 5.26 Å². The minimum absolute atomic E-state index is 0. The second-order valence-electron chi connectivity index (χ2n) is 17.4. The van der Waals surface area contributed by atoms with Gasteiger partial charge in [0.15, 0.2) is 0 Å². The van der Waals surface area contributed by atoms with E-state index in [1.54, 1.807) is 38.5 Å². The Hall–Kier alpha value is -8.01. The first-order chi connectivity index (χ1) is 34.3. The van der Waals surface area contributed by atoms with Crippen molar-refractivity contribution < 1.29 is 28.9 Å². The van der Waals surface area contributed by atoms with Gasteiger partial charge in [-0.1, -0.05) is 133 Å². The molecule has 0 aliphatic heterocycles. The topological polar surface area (TPSA) is 62.5 Å². The van der Waals surface area contributed by atoms with Crippen molar-refractivity contribution in [2.24, 2.45) is 0 Å². The fraction of sp³-hybridized carbons (Fsp3) is 0.0938. The van der Waals surface area contributed by atoms with Crippen molar-refractivity contribution in [1.82, 2.24) is 15.0 Å². The summed E-state index contributed by atoms with van der Waals surface area (Å²) in [5.74, 6) is -1.67. The second-order valence-corrected chi connectivity index (χ2v) is 17.4. The number of hydrogen-bond donors (Lipinski definition) is 0. The van der Waals surface area contributed by atoms with E-state index in [1.165, 1.54) is 22.3 Å². The summed E-state index contributed by atoms with van der Waals surface area (Å²) in [5, 5.41) is 9.48. The average Bonchev–Trinajstić information content (AvgIpc) is 3.42. The number of benzene rings is 7. The van der Waals surface area contributed by atoms with E-state index in [9.17, 15) is 5.26 Å². The Morgan fingerprint density at radius 3 is 1.38 bits per heavy atom. The summed E-state index contributed by atoms with van der Waals surface area (Å²) >= 11 is 0. The Morgan fingerprint density at radius 2 is 0.901 bits per heavy atom. The number of aryl methyl sites for hydroxylation is 4. The Balaban J connectivity index is 0.00000624. The third kappa shape index (κ3) is 10.5. The van der Waals surface area contributed by atoms with Crippen LogP contribution < -0.4 is 0 Å². The molecule has 3 heterocycles. The average molecular weight is 1100 g/mol.